The molecule has 2 aromatic rings. The van der Waals surface area contributed by atoms with Crippen LogP contribution in [-0.2, 0) is 4.79 Å². The highest BCUT2D eigenvalue weighted by Crippen LogP contribution is 2.09. The van der Waals surface area contributed by atoms with Crippen molar-refractivity contribution in [1.82, 2.24) is 29.8 Å². The Labute approximate surface area is 122 Å². The highest BCUT2D eigenvalue weighted by molar-refractivity contribution is 5.83. The van der Waals surface area contributed by atoms with Crippen LogP contribution >= 0.6 is 0 Å². The predicted molar refractivity (Wildman–Crippen MR) is 78.3 cm³/mol. The molecule has 2 aromatic heterocycles. The Morgan fingerprint density at radius 2 is 2.10 bits per heavy atom. The molecule has 3 N–H and O–H groups in total. The van der Waals surface area contributed by atoms with Crippen molar-refractivity contribution in [3.63, 3.8) is 0 Å². The zero-order chi connectivity index (χ0) is 15.2. The first-order valence-corrected chi connectivity index (χ1v) is 6.60. The maximum absolute atomic E-state index is 11.7. The van der Waals surface area contributed by atoms with E-state index in [1.165, 1.54) is 0 Å². The Balaban J connectivity index is 2.23. The van der Waals surface area contributed by atoms with Gasteiger partial charge in [0.25, 0.3) is 0 Å². The van der Waals surface area contributed by atoms with Crippen LogP contribution < -0.4 is 16.0 Å². The molecule has 0 radical (unpaired) electrons. The molecule has 1 amide bonds. The molecule has 0 saturated carbocycles. The molecule has 0 fully saturated rings. The van der Waals surface area contributed by atoms with Gasteiger partial charge in [0, 0.05) is 26.0 Å². The second-order valence-electron chi connectivity index (χ2n) is 4.26. The van der Waals surface area contributed by atoms with Crippen molar-refractivity contribution in [1.29, 1.82) is 0 Å². The van der Waals surface area contributed by atoms with Gasteiger partial charge in [-0.3, -0.25) is 9.36 Å². The van der Waals surface area contributed by atoms with Crippen LogP contribution in [0.2, 0.25) is 0 Å². The molecule has 1 atom stereocenters. The fourth-order valence-electron chi connectivity index (χ4n) is 1.62. The number of likely N-dealkylation sites (N-methyl/N-ethyl adjacent to an activating group) is 1. The molecule has 0 aliphatic heterocycles. The molecule has 9 heteroatoms. The fraction of sp³-hybridized carbons (Fsp3) is 0.417. The first-order valence-electron chi connectivity index (χ1n) is 6.60. The number of imidazole rings is 1. The molecule has 0 aliphatic rings. The number of hydrogen-bond donors (Lipinski definition) is 3. The lowest BCUT2D eigenvalue weighted by Gasteiger charge is -2.14. The lowest BCUT2D eigenvalue weighted by molar-refractivity contribution is -0.121. The van der Waals surface area contributed by atoms with E-state index in [0.717, 1.165) is 0 Å². The number of nitrogens with zero attached hydrogens (tertiary/aromatic N) is 5. The lowest BCUT2D eigenvalue weighted by atomic mass is 10.3. The third-order valence-corrected chi connectivity index (χ3v) is 2.67. The third kappa shape index (κ3) is 3.65. The molecule has 0 spiro atoms. The van der Waals surface area contributed by atoms with Gasteiger partial charge in [0.1, 0.15) is 12.4 Å². The number of anilines is 2. The van der Waals surface area contributed by atoms with Gasteiger partial charge in [0.2, 0.25) is 23.8 Å². The quantitative estimate of drug-likeness (QED) is 0.688. The summed E-state index contributed by atoms with van der Waals surface area (Å²) in [5, 5.41) is 8.55. The summed E-state index contributed by atoms with van der Waals surface area (Å²) in [6.07, 6.45) is 4.95. The van der Waals surface area contributed by atoms with E-state index in [2.05, 4.69) is 35.9 Å². The molecular formula is C12H18N8O. The molecule has 21 heavy (non-hydrogen) atoms. The van der Waals surface area contributed by atoms with Crippen LogP contribution in [0.5, 0.6) is 0 Å². The maximum Gasteiger partial charge on any atom is 0.242 e. The maximum atomic E-state index is 11.7. The summed E-state index contributed by atoms with van der Waals surface area (Å²) in [5.41, 5.74) is 0. The Morgan fingerprint density at radius 1 is 1.33 bits per heavy atom. The van der Waals surface area contributed by atoms with E-state index >= 15 is 0 Å². The minimum atomic E-state index is -0.451. The standard InChI is InChI=1S/C12H18N8O/c1-4-15-9(21)8(2)16-11-17-10(13-3)18-12(19-11)20-6-5-14-7-20/h5-8H,4H2,1-3H3,(H,15,21)(H2,13,16,17,18,19). The van der Waals surface area contributed by atoms with Crippen LogP contribution in [0.4, 0.5) is 11.9 Å². The first kappa shape index (κ1) is 14.7. The molecule has 9 nitrogen and oxygen atoms in total. The first-order chi connectivity index (χ1) is 10.1. The van der Waals surface area contributed by atoms with Crippen molar-refractivity contribution < 1.29 is 4.79 Å². The molecule has 1 unspecified atom stereocenters. The van der Waals surface area contributed by atoms with Crippen molar-refractivity contribution in [2.45, 2.75) is 19.9 Å². The average molecular weight is 290 g/mol. The van der Waals surface area contributed by atoms with Gasteiger partial charge in [-0.2, -0.15) is 15.0 Å². The summed E-state index contributed by atoms with van der Waals surface area (Å²) in [6.45, 7) is 4.18. The zero-order valence-corrected chi connectivity index (χ0v) is 12.2. The van der Waals surface area contributed by atoms with E-state index in [1.54, 1.807) is 37.3 Å². The van der Waals surface area contributed by atoms with Gasteiger partial charge in [-0.25, -0.2) is 4.98 Å². The third-order valence-electron chi connectivity index (χ3n) is 2.67. The number of aromatic nitrogens is 5. The van der Waals surface area contributed by atoms with Crippen molar-refractivity contribution in [3.05, 3.63) is 18.7 Å². The summed E-state index contributed by atoms with van der Waals surface area (Å²) in [6, 6.07) is -0.451. The van der Waals surface area contributed by atoms with Crippen molar-refractivity contribution >= 4 is 17.8 Å². The van der Waals surface area contributed by atoms with E-state index in [0.29, 0.717) is 24.4 Å². The number of carbonyl (C=O) groups excluding carboxylic acids is 1. The van der Waals surface area contributed by atoms with E-state index < -0.39 is 6.04 Å². The van der Waals surface area contributed by atoms with Crippen molar-refractivity contribution in [2.75, 3.05) is 24.2 Å². The molecule has 0 bridgehead atoms. The van der Waals surface area contributed by atoms with Crippen molar-refractivity contribution in [3.8, 4) is 5.95 Å². The van der Waals surface area contributed by atoms with E-state index in [4.69, 9.17) is 0 Å². The summed E-state index contributed by atoms with van der Waals surface area (Å²) >= 11 is 0. The molecule has 0 aliphatic carbocycles. The second-order valence-corrected chi connectivity index (χ2v) is 4.26. The normalized spacial score (nSPS) is 11.8. The van der Waals surface area contributed by atoms with Gasteiger partial charge in [0.05, 0.1) is 0 Å². The van der Waals surface area contributed by atoms with Crippen LogP contribution in [0.25, 0.3) is 5.95 Å². The molecule has 2 rings (SSSR count). The van der Waals surface area contributed by atoms with Gasteiger partial charge >= 0.3 is 0 Å². The topological polar surface area (TPSA) is 110 Å². The Bertz CT molecular complexity index is 597. The van der Waals surface area contributed by atoms with E-state index in [1.807, 2.05) is 6.92 Å². The SMILES string of the molecule is CCNC(=O)C(C)Nc1nc(NC)nc(-n2ccnc2)n1. The van der Waals surface area contributed by atoms with Crippen LogP contribution in [0, 0.1) is 0 Å². The Kier molecular flexibility index (Phi) is 4.64. The summed E-state index contributed by atoms with van der Waals surface area (Å²) in [7, 11) is 1.71. The van der Waals surface area contributed by atoms with E-state index in [9.17, 15) is 4.79 Å². The van der Waals surface area contributed by atoms with E-state index in [-0.39, 0.29) is 5.91 Å². The van der Waals surface area contributed by atoms with Crippen LogP contribution in [0.15, 0.2) is 18.7 Å². The second kappa shape index (κ2) is 6.64. The number of hydrogen-bond acceptors (Lipinski definition) is 7. The molecule has 0 aromatic carbocycles. The highest BCUT2D eigenvalue weighted by atomic mass is 16.2. The van der Waals surface area contributed by atoms with Gasteiger partial charge in [-0.05, 0) is 13.8 Å². The van der Waals surface area contributed by atoms with Crippen molar-refractivity contribution in [2.24, 2.45) is 0 Å². The average Bonchev–Trinajstić information content (AvgIpc) is 3.01. The summed E-state index contributed by atoms with van der Waals surface area (Å²) < 4.78 is 1.66. The molecule has 112 valence electrons. The minimum Gasteiger partial charge on any atom is -0.357 e. The monoisotopic (exact) mass is 290 g/mol. The smallest absolute Gasteiger partial charge is 0.242 e. The lowest BCUT2D eigenvalue weighted by Crippen LogP contribution is -2.37. The number of nitrogens with one attached hydrogen (secondary N) is 3. The summed E-state index contributed by atoms with van der Waals surface area (Å²) in [5.74, 6) is 1.02. The van der Waals surface area contributed by atoms with Crippen LogP contribution in [0.3, 0.4) is 0 Å². The van der Waals surface area contributed by atoms with Gasteiger partial charge < -0.3 is 16.0 Å². The molecule has 2 heterocycles. The van der Waals surface area contributed by atoms with Gasteiger partial charge in [0.15, 0.2) is 0 Å². The number of amides is 1. The Morgan fingerprint density at radius 3 is 2.71 bits per heavy atom. The molecular weight excluding hydrogens is 272 g/mol. The Hall–Kier alpha value is -2.71. The van der Waals surface area contributed by atoms with Gasteiger partial charge in [-0.15, -0.1) is 0 Å². The number of rotatable bonds is 6. The fourth-order valence-corrected chi connectivity index (χ4v) is 1.62. The highest BCUT2D eigenvalue weighted by Gasteiger charge is 2.14. The van der Waals surface area contributed by atoms with Gasteiger partial charge in [-0.1, -0.05) is 0 Å². The summed E-state index contributed by atoms with van der Waals surface area (Å²) in [4.78, 5) is 28.4. The largest absolute Gasteiger partial charge is 0.357 e. The predicted octanol–water partition coefficient (Wildman–Crippen LogP) is 0.0355. The zero-order valence-electron chi connectivity index (χ0n) is 12.2. The van der Waals surface area contributed by atoms with Crippen LogP contribution in [0.1, 0.15) is 13.8 Å². The molecule has 0 saturated heterocycles. The number of carbonyl (C=O) groups is 1. The van der Waals surface area contributed by atoms with Crippen LogP contribution in [-0.4, -0.2) is 50.0 Å². The minimum absolute atomic E-state index is 0.117.